The smallest absolute Gasteiger partial charge is 0.433 e. The fourth-order valence-electron chi connectivity index (χ4n) is 3.54. The summed E-state index contributed by atoms with van der Waals surface area (Å²) < 4.78 is 82.0. The summed E-state index contributed by atoms with van der Waals surface area (Å²) in [6.07, 6.45) is -5.56. The summed E-state index contributed by atoms with van der Waals surface area (Å²) in [4.78, 5) is 24.1. The van der Waals surface area contributed by atoms with Gasteiger partial charge in [0.25, 0.3) is 0 Å². The Bertz CT molecular complexity index is 1530. The predicted octanol–water partition coefficient (Wildman–Crippen LogP) is 4.42. The summed E-state index contributed by atoms with van der Waals surface area (Å²) in [5, 5.41) is 2.74. The van der Waals surface area contributed by atoms with Crippen LogP contribution >= 0.6 is 0 Å². The number of benzene rings is 2. The minimum Gasteiger partial charge on any atom is -0.496 e. The normalized spacial score (nSPS) is 13.3. The van der Waals surface area contributed by atoms with Gasteiger partial charge >= 0.3 is 12.1 Å². The fraction of sp³-hybridized carbons (Fsp3) is 0.280. The van der Waals surface area contributed by atoms with Crippen LogP contribution in [0.5, 0.6) is 17.2 Å². The van der Waals surface area contributed by atoms with Gasteiger partial charge in [-0.2, -0.15) is 13.2 Å². The molecule has 0 fully saturated rings. The standard InChI is InChI=1S/C25H22F3N3O7S/c1-15(16-9-10-20-21(12-16)37-14-36-20)31-38-23(32)8-5-11-39(33,34)24-29-18(13-22(30-24)25(26,27)28)17-6-3-4-7-19(17)35-2/h3-4,6-7,9-10,12-13H,5,8,11,14H2,1-2H3/b31-15-. The lowest BCUT2D eigenvalue weighted by molar-refractivity contribution is -0.143. The highest BCUT2D eigenvalue weighted by Gasteiger charge is 2.35. The van der Waals surface area contributed by atoms with Crippen molar-refractivity contribution >= 4 is 21.5 Å². The second-order valence-electron chi connectivity index (χ2n) is 8.25. The second-order valence-corrected chi connectivity index (χ2v) is 10.3. The van der Waals surface area contributed by atoms with Crippen LogP contribution in [0.3, 0.4) is 0 Å². The maximum atomic E-state index is 13.5. The molecule has 0 N–H and O–H groups in total. The van der Waals surface area contributed by atoms with Crippen LogP contribution in [0.25, 0.3) is 11.3 Å². The Morgan fingerprint density at radius 1 is 1.08 bits per heavy atom. The number of halogens is 3. The number of oxime groups is 1. The zero-order chi connectivity index (χ0) is 28.2. The summed E-state index contributed by atoms with van der Waals surface area (Å²) in [5.74, 6) is -0.231. The summed E-state index contributed by atoms with van der Waals surface area (Å²) >= 11 is 0. The molecule has 2 aromatic carbocycles. The van der Waals surface area contributed by atoms with Gasteiger partial charge in [0, 0.05) is 17.5 Å². The summed E-state index contributed by atoms with van der Waals surface area (Å²) in [6, 6.07) is 11.8. The van der Waals surface area contributed by atoms with E-state index in [2.05, 4.69) is 15.1 Å². The van der Waals surface area contributed by atoms with E-state index in [1.165, 1.54) is 19.2 Å². The van der Waals surface area contributed by atoms with Crippen molar-refractivity contribution in [2.75, 3.05) is 19.7 Å². The van der Waals surface area contributed by atoms with Crippen molar-refractivity contribution in [1.82, 2.24) is 9.97 Å². The Kier molecular flexibility index (Phi) is 8.04. The van der Waals surface area contributed by atoms with Crippen molar-refractivity contribution in [2.45, 2.75) is 31.1 Å². The molecule has 206 valence electrons. The molecule has 0 spiro atoms. The second kappa shape index (κ2) is 11.3. The molecule has 0 unspecified atom stereocenters. The minimum absolute atomic E-state index is 0.0974. The minimum atomic E-state index is -4.93. The highest BCUT2D eigenvalue weighted by Crippen LogP contribution is 2.35. The van der Waals surface area contributed by atoms with Crippen LogP contribution in [-0.2, 0) is 25.6 Å². The number of hydrogen-bond donors (Lipinski definition) is 0. The van der Waals surface area contributed by atoms with Gasteiger partial charge in [-0.3, -0.25) is 0 Å². The Balaban J connectivity index is 1.44. The third-order valence-electron chi connectivity index (χ3n) is 5.53. The highest BCUT2D eigenvalue weighted by molar-refractivity contribution is 7.91. The first kappa shape index (κ1) is 27.8. The van der Waals surface area contributed by atoms with Crippen LogP contribution in [-0.4, -0.2) is 49.7 Å². The lowest BCUT2D eigenvalue weighted by atomic mass is 10.1. The molecule has 2 heterocycles. The van der Waals surface area contributed by atoms with Gasteiger partial charge in [-0.25, -0.2) is 23.2 Å². The summed E-state index contributed by atoms with van der Waals surface area (Å²) in [6.45, 7) is 1.69. The summed E-state index contributed by atoms with van der Waals surface area (Å²) in [5.41, 5.74) is -0.577. The molecule has 14 heteroatoms. The first-order chi connectivity index (χ1) is 18.5. The van der Waals surface area contributed by atoms with E-state index in [4.69, 9.17) is 19.0 Å². The van der Waals surface area contributed by atoms with E-state index in [1.54, 1.807) is 37.3 Å². The maximum Gasteiger partial charge on any atom is 0.433 e. The molecule has 0 atom stereocenters. The molecule has 10 nitrogen and oxygen atoms in total. The number of rotatable bonds is 9. The molecule has 1 aromatic heterocycles. The van der Waals surface area contributed by atoms with Gasteiger partial charge < -0.3 is 19.0 Å². The van der Waals surface area contributed by atoms with Crippen molar-refractivity contribution in [3.8, 4) is 28.5 Å². The number of sulfone groups is 1. The quantitative estimate of drug-likeness (QED) is 0.160. The molecule has 0 radical (unpaired) electrons. The van der Waals surface area contributed by atoms with Crippen molar-refractivity contribution in [1.29, 1.82) is 0 Å². The first-order valence-corrected chi connectivity index (χ1v) is 13.1. The van der Waals surface area contributed by atoms with Gasteiger partial charge in [0.15, 0.2) is 11.5 Å². The molecule has 0 saturated carbocycles. The van der Waals surface area contributed by atoms with Gasteiger partial charge in [0.1, 0.15) is 11.4 Å². The monoisotopic (exact) mass is 565 g/mol. The average molecular weight is 566 g/mol. The van der Waals surface area contributed by atoms with Gasteiger partial charge in [0.2, 0.25) is 21.8 Å². The fourth-order valence-corrected chi connectivity index (χ4v) is 4.72. The average Bonchev–Trinajstić information content (AvgIpc) is 3.39. The van der Waals surface area contributed by atoms with Crippen LogP contribution in [0.4, 0.5) is 13.2 Å². The van der Waals surface area contributed by atoms with Crippen molar-refractivity contribution in [3.63, 3.8) is 0 Å². The predicted molar refractivity (Wildman–Crippen MR) is 131 cm³/mol. The number of hydrogen-bond acceptors (Lipinski definition) is 10. The number of alkyl halides is 3. The number of methoxy groups -OCH3 is 1. The van der Waals surface area contributed by atoms with E-state index < -0.39 is 38.6 Å². The molecule has 0 aliphatic carbocycles. The van der Waals surface area contributed by atoms with Crippen molar-refractivity contribution in [2.24, 2.45) is 5.16 Å². The lowest BCUT2D eigenvalue weighted by Crippen LogP contribution is -2.17. The molecule has 4 rings (SSSR count). The van der Waals surface area contributed by atoms with E-state index in [1.807, 2.05) is 0 Å². The molecular formula is C25H22F3N3O7S. The van der Waals surface area contributed by atoms with Gasteiger partial charge in [-0.05, 0) is 49.7 Å². The van der Waals surface area contributed by atoms with E-state index >= 15 is 0 Å². The SMILES string of the molecule is COc1ccccc1-c1cc(C(F)(F)F)nc(S(=O)(=O)CCCC(=O)O/N=C(/C)c2ccc3c(c2)OCO3)n1. The third kappa shape index (κ3) is 6.63. The van der Waals surface area contributed by atoms with E-state index in [9.17, 15) is 26.4 Å². The van der Waals surface area contributed by atoms with E-state index in [-0.39, 0.29) is 36.6 Å². The number of aromatic nitrogens is 2. The Morgan fingerprint density at radius 2 is 1.82 bits per heavy atom. The maximum absolute atomic E-state index is 13.5. The van der Waals surface area contributed by atoms with Crippen molar-refractivity contribution in [3.05, 3.63) is 59.8 Å². The molecule has 0 bridgehead atoms. The van der Waals surface area contributed by atoms with Gasteiger partial charge in [-0.15, -0.1) is 0 Å². The number of para-hydroxylation sites is 1. The number of fused-ring (bicyclic) bond motifs is 1. The van der Waals surface area contributed by atoms with Gasteiger partial charge in [0.05, 0.1) is 24.3 Å². The third-order valence-corrected chi connectivity index (χ3v) is 7.09. The van der Waals surface area contributed by atoms with E-state index in [0.29, 0.717) is 28.8 Å². The number of carbonyl (C=O) groups is 1. The Labute approximate surface area is 221 Å². The molecule has 3 aromatic rings. The molecular weight excluding hydrogens is 543 g/mol. The number of ether oxygens (including phenoxy) is 3. The lowest BCUT2D eigenvalue weighted by Gasteiger charge is -2.13. The molecule has 1 aliphatic heterocycles. The van der Waals surface area contributed by atoms with E-state index in [0.717, 1.165) is 0 Å². The number of carbonyl (C=O) groups excluding carboxylic acids is 1. The highest BCUT2D eigenvalue weighted by atomic mass is 32.2. The molecule has 0 saturated heterocycles. The molecule has 1 aliphatic rings. The zero-order valence-corrected chi connectivity index (χ0v) is 21.5. The first-order valence-electron chi connectivity index (χ1n) is 11.4. The summed E-state index contributed by atoms with van der Waals surface area (Å²) in [7, 11) is -3.08. The van der Waals surface area contributed by atoms with Crippen LogP contribution in [0.2, 0.25) is 0 Å². The Morgan fingerprint density at radius 3 is 2.56 bits per heavy atom. The number of nitrogens with zero attached hydrogens (tertiary/aromatic N) is 3. The largest absolute Gasteiger partial charge is 0.496 e. The van der Waals surface area contributed by atoms with Crippen LogP contribution < -0.4 is 14.2 Å². The van der Waals surface area contributed by atoms with Gasteiger partial charge in [-0.1, -0.05) is 17.3 Å². The zero-order valence-electron chi connectivity index (χ0n) is 20.7. The van der Waals surface area contributed by atoms with Crippen LogP contribution in [0.15, 0.2) is 58.8 Å². The van der Waals surface area contributed by atoms with Crippen molar-refractivity contribution < 1.29 is 45.4 Å². The molecule has 0 amide bonds. The van der Waals surface area contributed by atoms with Crippen LogP contribution in [0.1, 0.15) is 31.0 Å². The topological polar surface area (TPSA) is 126 Å². The molecule has 39 heavy (non-hydrogen) atoms. The Hall–Kier alpha value is -4.20. The van der Waals surface area contributed by atoms with Crippen LogP contribution in [0, 0.1) is 0 Å².